The number of nitrogens with zero attached hydrogens (tertiary/aromatic N) is 3. The summed E-state index contributed by atoms with van der Waals surface area (Å²) < 4.78 is 1.67. The van der Waals surface area contributed by atoms with Crippen molar-refractivity contribution in [1.29, 1.82) is 0 Å². The number of aromatic nitrogens is 2. The number of carbonyl (C=O) groups excluding carboxylic acids is 1. The number of aliphatic hydroxyl groups is 1. The molecule has 0 radical (unpaired) electrons. The molecule has 18 heavy (non-hydrogen) atoms. The first-order valence-corrected chi connectivity index (χ1v) is 5.68. The lowest BCUT2D eigenvalue weighted by Gasteiger charge is -2.17. The highest BCUT2D eigenvalue weighted by atomic mass is 16.4. The molecule has 0 saturated carbocycles. The summed E-state index contributed by atoms with van der Waals surface area (Å²) in [5.41, 5.74) is -1.80. The number of hydrogen-bond acceptors (Lipinski definition) is 4. The van der Waals surface area contributed by atoms with Crippen LogP contribution in [0.2, 0.25) is 0 Å². The molecule has 1 aromatic heterocycles. The Bertz CT molecular complexity index is 496. The predicted molar refractivity (Wildman–Crippen MR) is 62.2 cm³/mol. The molecular formula is C11H15N3O4. The Morgan fingerprint density at radius 1 is 1.56 bits per heavy atom. The topological polar surface area (TPSA) is 95.7 Å². The maximum Gasteiger partial charge on any atom is 0.345 e. The molecule has 7 heteroatoms. The number of anilines is 1. The summed E-state index contributed by atoms with van der Waals surface area (Å²) in [6.07, 6.45) is 3.04. The van der Waals surface area contributed by atoms with E-state index in [0.717, 1.165) is 0 Å². The molecule has 1 aromatic rings. The van der Waals surface area contributed by atoms with Crippen molar-refractivity contribution in [1.82, 2.24) is 9.78 Å². The van der Waals surface area contributed by atoms with E-state index >= 15 is 0 Å². The van der Waals surface area contributed by atoms with Crippen LogP contribution >= 0.6 is 0 Å². The Morgan fingerprint density at radius 2 is 2.22 bits per heavy atom. The van der Waals surface area contributed by atoms with Crippen molar-refractivity contribution in [3.63, 3.8) is 0 Å². The van der Waals surface area contributed by atoms with Crippen LogP contribution in [0.1, 0.15) is 26.3 Å². The lowest BCUT2D eigenvalue weighted by molar-refractivity contribution is -0.162. The van der Waals surface area contributed by atoms with Crippen LogP contribution in [0.5, 0.6) is 0 Å². The number of aliphatic carboxylic acids is 1. The van der Waals surface area contributed by atoms with Crippen LogP contribution in [0.15, 0.2) is 12.4 Å². The zero-order valence-electron chi connectivity index (χ0n) is 10.2. The average Bonchev–Trinajstić information content (AvgIpc) is 2.86. The molecule has 0 spiro atoms. The monoisotopic (exact) mass is 253 g/mol. The Kier molecular flexibility index (Phi) is 2.86. The SMILES string of the molecule is CC(C)n1cc(N2CCC(O)(C(=O)O)C2=O)cn1. The molecule has 2 heterocycles. The first-order valence-electron chi connectivity index (χ1n) is 5.68. The molecule has 1 amide bonds. The first-order chi connectivity index (χ1) is 8.36. The van der Waals surface area contributed by atoms with Crippen molar-refractivity contribution in [3.05, 3.63) is 12.4 Å². The minimum absolute atomic E-state index is 0.117. The van der Waals surface area contributed by atoms with Crippen LogP contribution in [-0.2, 0) is 9.59 Å². The van der Waals surface area contributed by atoms with E-state index in [1.807, 2.05) is 13.8 Å². The van der Waals surface area contributed by atoms with Crippen molar-refractivity contribution in [3.8, 4) is 0 Å². The van der Waals surface area contributed by atoms with Crippen LogP contribution in [0, 0.1) is 0 Å². The maximum absolute atomic E-state index is 11.9. The summed E-state index contributed by atoms with van der Waals surface area (Å²) in [6.45, 7) is 4.05. The van der Waals surface area contributed by atoms with E-state index in [0.29, 0.717) is 5.69 Å². The number of hydrogen-bond donors (Lipinski definition) is 2. The van der Waals surface area contributed by atoms with Gasteiger partial charge in [-0.1, -0.05) is 0 Å². The standard InChI is InChI=1S/C11H15N3O4/c1-7(2)14-6-8(5-12-14)13-4-3-11(18,9(13)15)10(16)17/h5-7,18H,3-4H2,1-2H3,(H,16,17). The average molecular weight is 253 g/mol. The van der Waals surface area contributed by atoms with Crippen LogP contribution in [0.25, 0.3) is 0 Å². The third kappa shape index (κ3) is 1.76. The minimum Gasteiger partial charge on any atom is -0.479 e. The van der Waals surface area contributed by atoms with Crippen molar-refractivity contribution in [2.45, 2.75) is 31.9 Å². The molecule has 1 saturated heterocycles. The van der Waals surface area contributed by atoms with Crippen LogP contribution < -0.4 is 4.90 Å². The molecule has 1 fully saturated rings. The van der Waals surface area contributed by atoms with E-state index in [9.17, 15) is 14.7 Å². The maximum atomic E-state index is 11.9. The van der Waals surface area contributed by atoms with Crippen molar-refractivity contribution < 1.29 is 19.8 Å². The molecule has 1 aliphatic rings. The molecule has 0 aliphatic carbocycles. The number of carboxylic acids is 1. The molecule has 0 aromatic carbocycles. The van der Waals surface area contributed by atoms with E-state index in [-0.39, 0.29) is 19.0 Å². The van der Waals surface area contributed by atoms with Gasteiger partial charge in [0.25, 0.3) is 5.91 Å². The van der Waals surface area contributed by atoms with Gasteiger partial charge in [0.15, 0.2) is 0 Å². The van der Waals surface area contributed by atoms with Gasteiger partial charge in [-0.3, -0.25) is 9.48 Å². The molecular weight excluding hydrogens is 238 g/mol. The molecule has 7 nitrogen and oxygen atoms in total. The molecule has 1 unspecified atom stereocenters. The van der Waals surface area contributed by atoms with Gasteiger partial charge in [-0.05, 0) is 13.8 Å². The number of carboxylic acid groups (broad SMARTS) is 1. The number of rotatable bonds is 3. The van der Waals surface area contributed by atoms with Gasteiger partial charge >= 0.3 is 5.97 Å². The van der Waals surface area contributed by atoms with E-state index in [2.05, 4.69) is 5.10 Å². The third-order valence-electron chi connectivity index (χ3n) is 3.08. The molecule has 2 rings (SSSR count). The molecule has 0 bridgehead atoms. The highest BCUT2D eigenvalue weighted by molar-refractivity contribution is 6.14. The summed E-state index contributed by atoms with van der Waals surface area (Å²) in [5.74, 6) is -2.32. The summed E-state index contributed by atoms with van der Waals surface area (Å²) in [7, 11) is 0. The van der Waals surface area contributed by atoms with Gasteiger partial charge < -0.3 is 15.1 Å². The van der Waals surface area contributed by atoms with Gasteiger partial charge in [0.05, 0.1) is 11.9 Å². The lowest BCUT2D eigenvalue weighted by Crippen LogP contribution is -2.46. The zero-order chi connectivity index (χ0) is 13.5. The molecule has 98 valence electrons. The predicted octanol–water partition coefficient (Wildman–Crippen LogP) is 0.0164. The van der Waals surface area contributed by atoms with E-state index in [4.69, 9.17) is 5.11 Å². The summed E-state index contributed by atoms with van der Waals surface area (Å²) in [6, 6.07) is 0.148. The van der Waals surface area contributed by atoms with Crippen molar-refractivity contribution in [2.75, 3.05) is 11.4 Å². The Balaban J connectivity index is 2.26. The first kappa shape index (κ1) is 12.6. The molecule has 2 N–H and O–H groups in total. The minimum atomic E-state index is -2.31. The van der Waals surface area contributed by atoms with Gasteiger partial charge in [0.2, 0.25) is 5.60 Å². The summed E-state index contributed by atoms with van der Waals surface area (Å²) in [5, 5.41) is 22.7. The largest absolute Gasteiger partial charge is 0.479 e. The van der Waals surface area contributed by atoms with Crippen LogP contribution in [-0.4, -0.2) is 44.0 Å². The van der Waals surface area contributed by atoms with E-state index in [1.54, 1.807) is 10.9 Å². The lowest BCUT2D eigenvalue weighted by atomic mass is 10.0. The second kappa shape index (κ2) is 4.09. The van der Waals surface area contributed by atoms with Crippen LogP contribution in [0.4, 0.5) is 5.69 Å². The Hall–Kier alpha value is -1.89. The fourth-order valence-electron chi connectivity index (χ4n) is 1.90. The zero-order valence-corrected chi connectivity index (χ0v) is 10.2. The van der Waals surface area contributed by atoms with Gasteiger partial charge in [-0.2, -0.15) is 5.10 Å². The highest BCUT2D eigenvalue weighted by Crippen LogP contribution is 2.28. The fraction of sp³-hybridized carbons (Fsp3) is 0.545. The Labute approximate surface area is 104 Å². The number of carbonyl (C=O) groups is 2. The number of amides is 1. The van der Waals surface area contributed by atoms with Gasteiger partial charge in [-0.15, -0.1) is 0 Å². The normalized spacial score (nSPS) is 24.0. The van der Waals surface area contributed by atoms with Gasteiger partial charge in [0.1, 0.15) is 0 Å². The summed E-state index contributed by atoms with van der Waals surface area (Å²) in [4.78, 5) is 24.1. The van der Waals surface area contributed by atoms with Gasteiger partial charge in [-0.25, -0.2) is 4.79 Å². The van der Waals surface area contributed by atoms with Crippen molar-refractivity contribution in [2.24, 2.45) is 0 Å². The van der Waals surface area contributed by atoms with E-state index < -0.39 is 17.5 Å². The fourth-order valence-corrected chi connectivity index (χ4v) is 1.90. The third-order valence-corrected chi connectivity index (χ3v) is 3.08. The van der Waals surface area contributed by atoms with Crippen molar-refractivity contribution >= 4 is 17.6 Å². The second-order valence-electron chi connectivity index (χ2n) is 4.64. The van der Waals surface area contributed by atoms with E-state index in [1.165, 1.54) is 11.1 Å². The molecule has 1 aliphatic heterocycles. The highest BCUT2D eigenvalue weighted by Gasteiger charge is 2.52. The molecule has 1 atom stereocenters. The summed E-state index contributed by atoms with van der Waals surface area (Å²) >= 11 is 0. The van der Waals surface area contributed by atoms with Crippen LogP contribution in [0.3, 0.4) is 0 Å². The second-order valence-corrected chi connectivity index (χ2v) is 4.64. The van der Waals surface area contributed by atoms with Gasteiger partial charge in [0, 0.05) is 25.2 Å². The smallest absolute Gasteiger partial charge is 0.345 e. The Morgan fingerprint density at radius 3 is 2.67 bits per heavy atom. The quantitative estimate of drug-likeness (QED) is 0.740.